The third kappa shape index (κ3) is 1.83. The summed E-state index contributed by atoms with van der Waals surface area (Å²) in [6.07, 6.45) is 6.30. The fraction of sp³-hybridized carbons (Fsp3) is 0.750. The monoisotopic (exact) mass is 126 g/mol. The Kier molecular flexibility index (Phi) is 2.29. The molecular formula is C8H14O. The number of allylic oxidation sites excluding steroid dienone is 1. The van der Waals surface area contributed by atoms with E-state index in [1.54, 1.807) is 0 Å². The Morgan fingerprint density at radius 2 is 2.56 bits per heavy atom. The van der Waals surface area contributed by atoms with E-state index < -0.39 is 0 Å². The summed E-state index contributed by atoms with van der Waals surface area (Å²) >= 11 is 0. The summed E-state index contributed by atoms with van der Waals surface area (Å²) in [7, 11) is 0. The molecule has 0 aromatic rings. The van der Waals surface area contributed by atoms with Crippen molar-refractivity contribution < 1.29 is 5.11 Å². The Labute approximate surface area is 56.4 Å². The van der Waals surface area contributed by atoms with Gasteiger partial charge < -0.3 is 5.11 Å². The van der Waals surface area contributed by atoms with E-state index >= 15 is 0 Å². The molecule has 1 aliphatic rings. The van der Waals surface area contributed by atoms with Gasteiger partial charge in [0.15, 0.2) is 0 Å². The highest BCUT2D eigenvalue weighted by atomic mass is 16.3. The molecule has 0 aliphatic heterocycles. The van der Waals surface area contributed by atoms with E-state index in [-0.39, 0.29) is 6.10 Å². The van der Waals surface area contributed by atoms with Crippen molar-refractivity contribution in [2.75, 3.05) is 0 Å². The average molecular weight is 126 g/mol. The van der Waals surface area contributed by atoms with Crippen LogP contribution in [0.4, 0.5) is 0 Å². The maximum Gasteiger partial charge on any atom is 0.0723 e. The van der Waals surface area contributed by atoms with Crippen LogP contribution in [0.25, 0.3) is 0 Å². The smallest absolute Gasteiger partial charge is 0.0723 e. The van der Waals surface area contributed by atoms with Crippen molar-refractivity contribution in [3.8, 4) is 0 Å². The highest BCUT2D eigenvalue weighted by Crippen LogP contribution is 2.19. The zero-order valence-corrected chi connectivity index (χ0v) is 5.93. The number of aliphatic hydroxyl groups is 1. The zero-order valence-electron chi connectivity index (χ0n) is 5.93. The first kappa shape index (κ1) is 6.81. The molecule has 1 nitrogen and oxygen atoms in total. The molecule has 0 aromatic heterocycles. The predicted octanol–water partition coefficient (Wildman–Crippen LogP) is 1.87. The van der Waals surface area contributed by atoms with Crippen molar-refractivity contribution in [2.24, 2.45) is 0 Å². The molecule has 0 saturated heterocycles. The van der Waals surface area contributed by atoms with Gasteiger partial charge in [-0.05, 0) is 25.7 Å². The molecule has 1 aliphatic carbocycles. The molecule has 0 saturated carbocycles. The summed E-state index contributed by atoms with van der Waals surface area (Å²) in [5.74, 6) is 0. The van der Waals surface area contributed by atoms with Crippen LogP contribution in [0.15, 0.2) is 11.6 Å². The first-order valence-corrected chi connectivity index (χ1v) is 3.70. The first-order chi connectivity index (χ1) is 4.33. The predicted molar refractivity (Wildman–Crippen MR) is 38.2 cm³/mol. The van der Waals surface area contributed by atoms with Gasteiger partial charge >= 0.3 is 0 Å². The van der Waals surface area contributed by atoms with Crippen LogP contribution < -0.4 is 0 Å². The van der Waals surface area contributed by atoms with Crippen LogP contribution in [-0.2, 0) is 0 Å². The molecule has 52 valence electrons. The van der Waals surface area contributed by atoms with Crippen LogP contribution in [-0.4, -0.2) is 11.2 Å². The van der Waals surface area contributed by atoms with Crippen molar-refractivity contribution in [3.05, 3.63) is 11.6 Å². The van der Waals surface area contributed by atoms with E-state index in [4.69, 9.17) is 5.11 Å². The van der Waals surface area contributed by atoms with Crippen molar-refractivity contribution in [3.63, 3.8) is 0 Å². The third-order valence-electron chi connectivity index (χ3n) is 1.88. The maximum atomic E-state index is 9.13. The molecule has 1 rings (SSSR count). The van der Waals surface area contributed by atoms with Gasteiger partial charge in [0.1, 0.15) is 0 Å². The second kappa shape index (κ2) is 3.02. The van der Waals surface area contributed by atoms with Crippen LogP contribution in [0.5, 0.6) is 0 Å². The van der Waals surface area contributed by atoms with Gasteiger partial charge in [0.2, 0.25) is 0 Å². The van der Waals surface area contributed by atoms with Crippen LogP contribution in [0.3, 0.4) is 0 Å². The number of rotatable bonds is 1. The molecule has 0 unspecified atom stereocenters. The summed E-state index contributed by atoms with van der Waals surface area (Å²) in [5.41, 5.74) is 1.42. The fourth-order valence-electron chi connectivity index (χ4n) is 1.27. The highest BCUT2D eigenvalue weighted by molar-refractivity contribution is 5.07. The van der Waals surface area contributed by atoms with E-state index in [2.05, 4.69) is 6.92 Å². The molecule has 9 heavy (non-hydrogen) atoms. The minimum Gasteiger partial charge on any atom is -0.389 e. The summed E-state index contributed by atoms with van der Waals surface area (Å²) in [4.78, 5) is 0. The number of hydrogen-bond acceptors (Lipinski definition) is 1. The first-order valence-electron chi connectivity index (χ1n) is 3.70. The maximum absolute atomic E-state index is 9.13. The second-order valence-corrected chi connectivity index (χ2v) is 2.64. The summed E-state index contributed by atoms with van der Waals surface area (Å²) in [6, 6.07) is 0. The molecule has 1 N–H and O–H groups in total. The lowest BCUT2D eigenvalue weighted by molar-refractivity contribution is 0.201. The fourth-order valence-corrected chi connectivity index (χ4v) is 1.27. The van der Waals surface area contributed by atoms with Gasteiger partial charge in [-0.3, -0.25) is 0 Å². The van der Waals surface area contributed by atoms with Gasteiger partial charge in [-0.15, -0.1) is 0 Å². The quantitative estimate of drug-likeness (QED) is 0.532. The van der Waals surface area contributed by atoms with Crippen LogP contribution >= 0.6 is 0 Å². The van der Waals surface area contributed by atoms with Crippen molar-refractivity contribution >= 4 is 0 Å². The Morgan fingerprint density at radius 3 is 3.00 bits per heavy atom. The number of aliphatic hydroxyl groups excluding tert-OH is 1. The minimum atomic E-state index is -0.145. The second-order valence-electron chi connectivity index (χ2n) is 2.64. The standard InChI is InChI=1S/C8H14O/c1-2-7-4-3-5-8(9)6-7/h6,8-9H,2-5H2,1H3/t8-/m0/s1. The topological polar surface area (TPSA) is 20.2 Å². The van der Waals surface area contributed by atoms with E-state index in [0.717, 1.165) is 12.8 Å². The molecule has 0 amide bonds. The molecule has 0 aromatic carbocycles. The average Bonchev–Trinajstić information content (AvgIpc) is 1.88. The normalized spacial score (nSPS) is 27.8. The van der Waals surface area contributed by atoms with Crippen molar-refractivity contribution in [2.45, 2.75) is 38.7 Å². The van der Waals surface area contributed by atoms with Gasteiger partial charge in [-0.1, -0.05) is 18.6 Å². The Balaban J connectivity index is 2.49. The minimum absolute atomic E-state index is 0.145. The molecule has 0 fully saturated rings. The summed E-state index contributed by atoms with van der Waals surface area (Å²) < 4.78 is 0. The Bertz CT molecular complexity index is 116. The molecule has 1 heteroatoms. The lowest BCUT2D eigenvalue weighted by Gasteiger charge is -2.14. The van der Waals surface area contributed by atoms with E-state index in [0.29, 0.717) is 0 Å². The van der Waals surface area contributed by atoms with Crippen molar-refractivity contribution in [1.29, 1.82) is 0 Å². The zero-order chi connectivity index (χ0) is 6.69. The molecule has 0 bridgehead atoms. The molecule has 1 atom stereocenters. The largest absolute Gasteiger partial charge is 0.389 e. The van der Waals surface area contributed by atoms with Gasteiger partial charge in [-0.25, -0.2) is 0 Å². The SMILES string of the molecule is CCC1=C[C@@H](O)CCC1. The Hall–Kier alpha value is -0.300. The molecular weight excluding hydrogens is 112 g/mol. The molecule has 0 radical (unpaired) electrons. The van der Waals surface area contributed by atoms with E-state index in [1.165, 1.54) is 18.4 Å². The van der Waals surface area contributed by atoms with Gasteiger partial charge in [0, 0.05) is 0 Å². The van der Waals surface area contributed by atoms with Gasteiger partial charge in [0.05, 0.1) is 6.10 Å². The third-order valence-corrected chi connectivity index (χ3v) is 1.88. The van der Waals surface area contributed by atoms with Crippen LogP contribution in [0.1, 0.15) is 32.6 Å². The van der Waals surface area contributed by atoms with Gasteiger partial charge in [-0.2, -0.15) is 0 Å². The van der Waals surface area contributed by atoms with Crippen LogP contribution in [0, 0.1) is 0 Å². The molecule has 0 spiro atoms. The molecule has 0 heterocycles. The van der Waals surface area contributed by atoms with Gasteiger partial charge in [0.25, 0.3) is 0 Å². The van der Waals surface area contributed by atoms with Crippen molar-refractivity contribution in [1.82, 2.24) is 0 Å². The van der Waals surface area contributed by atoms with Crippen LogP contribution in [0.2, 0.25) is 0 Å². The van der Waals surface area contributed by atoms with E-state index in [1.807, 2.05) is 6.08 Å². The number of hydrogen-bond donors (Lipinski definition) is 1. The summed E-state index contributed by atoms with van der Waals surface area (Å²) in [6.45, 7) is 2.14. The lowest BCUT2D eigenvalue weighted by Crippen LogP contribution is -2.08. The lowest BCUT2D eigenvalue weighted by atomic mass is 9.96. The highest BCUT2D eigenvalue weighted by Gasteiger charge is 2.07. The Morgan fingerprint density at radius 1 is 1.78 bits per heavy atom. The summed E-state index contributed by atoms with van der Waals surface area (Å²) in [5, 5.41) is 9.13. The van der Waals surface area contributed by atoms with E-state index in [9.17, 15) is 0 Å².